The van der Waals surface area contributed by atoms with Gasteiger partial charge in [-0.2, -0.15) is 8.42 Å². The fraction of sp³-hybridized carbons (Fsp3) is 0.784. The number of hydrogen-bond donors (Lipinski definition) is 2. The number of esters is 1. The van der Waals surface area contributed by atoms with E-state index in [1.165, 1.54) is 89.5 Å². The lowest BCUT2D eigenvalue weighted by Crippen LogP contribution is -2.26. The van der Waals surface area contributed by atoms with Crippen LogP contribution in [0.15, 0.2) is 36.0 Å². The first kappa shape index (κ1) is 44.0. The zero-order chi connectivity index (χ0) is 34.1. The minimum Gasteiger partial charge on any atom is -0.462 e. The average molecular weight is 670 g/mol. The molecule has 1 amide bonds. The number of ether oxygens (including phenoxy) is 1. The zero-order valence-corrected chi connectivity index (χ0v) is 30.3. The van der Waals surface area contributed by atoms with E-state index in [2.05, 4.69) is 40.7 Å². The molecule has 8 nitrogen and oxygen atoms in total. The fourth-order valence-corrected chi connectivity index (χ4v) is 5.46. The number of carbonyl (C=O) groups excluding carboxylic acids is 2. The molecule has 0 saturated carbocycles. The van der Waals surface area contributed by atoms with Gasteiger partial charge in [0.05, 0.1) is 6.61 Å². The van der Waals surface area contributed by atoms with E-state index < -0.39 is 10.4 Å². The van der Waals surface area contributed by atoms with Gasteiger partial charge in [0.15, 0.2) is 0 Å². The van der Waals surface area contributed by atoms with E-state index in [9.17, 15) is 18.0 Å². The van der Waals surface area contributed by atoms with Gasteiger partial charge in [0.25, 0.3) is 0 Å². The second-order valence-electron chi connectivity index (χ2n) is 12.4. The molecule has 0 aromatic rings. The molecule has 0 saturated heterocycles. The van der Waals surface area contributed by atoms with Crippen LogP contribution in [0.2, 0.25) is 0 Å². The van der Waals surface area contributed by atoms with E-state index >= 15 is 0 Å². The summed E-state index contributed by atoms with van der Waals surface area (Å²) in [7, 11) is -4.50. The van der Waals surface area contributed by atoms with Crippen LogP contribution in [0, 0.1) is 0 Å². The van der Waals surface area contributed by atoms with Crippen LogP contribution in [0.3, 0.4) is 0 Å². The molecule has 0 bridgehead atoms. The largest absolute Gasteiger partial charge is 0.462 e. The number of rotatable bonds is 32. The molecule has 0 fully saturated rings. The van der Waals surface area contributed by atoms with Gasteiger partial charge in [0.2, 0.25) is 5.91 Å². The van der Waals surface area contributed by atoms with Crippen LogP contribution in [-0.4, -0.2) is 44.1 Å². The van der Waals surface area contributed by atoms with Crippen molar-refractivity contribution in [2.24, 2.45) is 0 Å². The smallest absolute Gasteiger partial charge is 0.397 e. The highest BCUT2D eigenvalue weighted by atomic mass is 32.3. The minimum atomic E-state index is -4.50. The first-order valence-corrected chi connectivity index (χ1v) is 19.6. The highest BCUT2D eigenvalue weighted by Gasteiger charge is 2.12. The highest BCUT2D eigenvalue weighted by Crippen LogP contribution is 2.15. The lowest BCUT2D eigenvalue weighted by molar-refractivity contribution is -0.149. The van der Waals surface area contributed by atoms with Crippen LogP contribution in [0.5, 0.6) is 0 Å². The molecular formula is C37H67NO7S. The molecule has 46 heavy (non-hydrogen) atoms. The Morgan fingerprint density at radius 1 is 0.717 bits per heavy atom. The van der Waals surface area contributed by atoms with Crippen LogP contribution in [-0.2, 0) is 28.9 Å². The molecule has 0 aliphatic rings. The molecule has 0 radical (unpaired) electrons. The maximum Gasteiger partial charge on any atom is 0.397 e. The van der Waals surface area contributed by atoms with E-state index in [0.717, 1.165) is 63.4 Å². The standard InChI is InChI=1S/C37H67NO7S/c1-4-6-7-8-9-10-11-12-13-14-15-16-17-18-19-20-21-22-23-24-25-30-37(40)45-35(5-2)29-27-26-28-34(3)33-36(39)38-31-32-44-46(41,42)43/h18-19,22-23,33,35H,4-17,20-21,24-32H2,1-3H3,(H,38,39)(H,41,42,43). The van der Waals surface area contributed by atoms with Gasteiger partial charge in [-0.15, -0.1) is 0 Å². The third-order valence-corrected chi connectivity index (χ3v) is 8.39. The maximum absolute atomic E-state index is 12.3. The molecule has 1 atom stereocenters. The molecule has 268 valence electrons. The molecule has 0 aromatic carbocycles. The van der Waals surface area contributed by atoms with Crippen molar-refractivity contribution in [3.63, 3.8) is 0 Å². The van der Waals surface area contributed by atoms with E-state index in [0.29, 0.717) is 6.42 Å². The van der Waals surface area contributed by atoms with Crippen LogP contribution in [0.4, 0.5) is 0 Å². The number of amides is 1. The van der Waals surface area contributed by atoms with Gasteiger partial charge < -0.3 is 10.1 Å². The number of nitrogens with one attached hydrogen (secondary N) is 1. The summed E-state index contributed by atoms with van der Waals surface area (Å²) in [5.74, 6) is -0.476. The second kappa shape index (κ2) is 31.6. The van der Waals surface area contributed by atoms with Crippen molar-refractivity contribution in [1.29, 1.82) is 0 Å². The van der Waals surface area contributed by atoms with Crippen molar-refractivity contribution in [2.75, 3.05) is 13.2 Å². The van der Waals surface area contributed by atoms with E-state index in [4.69, 9.17) is 9.29 Å². The third kappa shape index (κ3) is 33.4. The van der Waals surface area contributed by atoms with E-state index in [1.807, 2.05) is 13.8 Å². The van der Waals surface area contributed by atoms with Crippen molar-refractivity contribution >= 4 is 22.3 Å². The second-order valence-corrected chi connectivity index (χ2v) is 13.5. The summed E-state index contributed by atoms with van der Waals surface area (Å²) in [6.07, 6.45) is 36.6. The monoisotopic (exact) mass is 669 g/mol. The summed E-state index contributed by atoms with van der Waals surface area (Å²) in [6.45, 7) is 5.80. The third-order valence-electron chi connectivity index (χ3n) is 7.92. The predicted molar refractivity (Wildman–Crippen MR) is 190 cm³/mol. The Morgan fingerprint density at radius 3 is 1.83 bits per heavy atom. The number of hydrogen-bond acceptors (Lipinski definition) is 6. The zero-order valence-electron chi connectivity index (χ0n) is 29.4. The Hall–Kier alpha value is -1.97. The molecule has 0 rings (SSSR count). The normalized spacial score (nSPS) is 13.1. The first-order valence-electron chi connectivity index (χ1n) is 18.2. The summed E-state index contributed by atoms with van der Waals surface area (Å²) >= 11 is 0. The van der Waals surface area contributed by atoms with Crippen LogP contribution in [0.1, 0.15) is 168 Å². The van der Waals surface area contributed by atoms with Gasteiger partial charge >= 0.3 is 16.4 Å². The summed E-state index contributed by atoms with van der Waals surface area (Å²) in [6, 6.07) is 0. The average Bonchev–Trinajstić information content (AvgIpc) is 3.01. The van der Waals surface area contributed by atoms with Crippen molar-refractivity contribution < 1.29 is 31.5 Å². The molecule has 0 spiro atoms. The van der Waals surface area contributed by atoms with E-state index in [-0.39, 0.29) is 31.1 Å². The molecule has 0 aromatic heterocycles. The minimum absolute atomic E-state index is 0.0283. The summed E-state index contributed by atoms with van der Waals surface area (Å²) in [5, 5.41) is 2.50. The Labute approximate surface area is 282 Å². The van der Waals surface area contributed by atoms with Crippen molar-refractivity contribution in [3.8, 4) is 0 Å². The van der Waals surface area contributed by atoms with Crippen LogP contribution in [0.25, 0.3) is 0 Å². The lowest BCUT2D eigenvalue weighted by Gasteiger charge is -2.16. The molecule has 0 aliphatic heterocycles. The molecule has 1 unspecified atom stereocenters. The predicted octanol–water partition coefficient (Wildman–Crippen LogP) is 9.90. The van der Waals surface area contributed by atoms with Gasteiger partial charge in [0, 0.05) is 19.0 Å². The van der Waals surface area contributed by atoms with Crippen LogP contribution < -0.4 is 5.32 Å². The first-order chi connectivity index (χ1) is 22.2. The summed E-state index contributed by atoms with van der Waals surface area (Å²) < 4.78 is 39.3. The molecular weight excluding hydrogens is 602 g/mol. The quantitative estimate of drug-likeness (QED) is 0.0241. The van der Waals surface area contributed by atoms with E-state index in [1.54, 1.807) is 0 Å². The molecule has 9 heteroatoms. The highest BCUT2D eigenvalue weighted by molar-refractivity contribution is 7.80. The van der Waals surface area contributed by atoms with Gasteiger partial charge in [-0.05, 0) is 77.6 Å². The molecule has 0 heterocycles. The topological polar surface area (TPSA) is 119 Å². The lowest BCUT2D eigenvalue weighted by atomic mass is 10.0. The van der Waals surface area contributed by atoms with Crippen LogP contribution >= 0.6 is 0 Å². The molecule has 0 aliphatic carbocycles. The maximum atomic E-state index is 12.3. The number of unbranched alkanes of at least 4 members (excludes halogenated alkanes) is 15. The van der Waals surface area contributed by atoms with Crippen molar-refractivity contribution in [3.05, 3.63) is 36.0 Å². The van der Waals surface area contributed by atoms with Gasteiger partial charge in [-0.1, -0.05) is 114 Å². The van der Waals surface area contributed by atoms with Crippen molar-refractivity contribution in [1.82, 2.24) is 5.32 Å². The number of carbonyl (C=O) groups is 2. The van der Waals surface area contributed by atoms with Gasteiger partial charge in [0.1, 0.15) is 6.10 Å². The molecule has 2 N–H and O–H groups in total. The number of allylic oxidation sites excluding steroid dienone is 5. The Bertz CT molecular complexity index is 943. The van der Waals surface area contributed by atoms with Gasteiger partial charge in [-0.3, -0.25) is 14.1 Å². The SMILES string of the molecule is CCCCCCCCCCCCCCC=CCCC=CCCCC(=O)OC(CC)CCCCC(C)=CC(=O)NCCOS(=O)(=O)O. The fourth-order valence-electron chi connectivity index (χ4n) is 5.17. The van der Waals surface area contributed by atoms with Crippen molar-refractivity contribution in [2.45, 2.75) is 175 Å². The Balaban J connectivity index is 3.72. The summed E-state index contributed by atoms with van der Waals surface area (Å²) in [4.78, 5) is 24.1. The van der Waals surface area contributed by atoms with Gasteiger partial charge in [-0.25, -0.2) is 4.18 Å². The Morgan fingerprint density at radius 2 is 1.26 bits per heavy atom. The Kier molecular flexibility index (Phi) is 30.3. The summed E-state index contributed by atoms with van der Waals surface area (Å²) in [5.41, 5.74) is 0.900.